The van der Waals surface area contributed by atoms with Crippen LogP contribution >= 0.6 is 11.3 Å². The lowest BCUT2D eigenvalue weighted by Gasteiger charge is -2.33. The molecule has 2 N–H and O–H groups in total. The van der Waals surface area contributed by atoms with Crippen molar-refractivity contribution in [1.82, 2.24) is 4.90 Å². The van der Waals surface area contributed by atoms with E-state index in [0.717, 1.165) is 25.3 Å². The second-order valence-corrected chi connectivity index (χ2v) is 6.27. The van der Waals surface area contributed by atoms with Gasteiger partial charge in [0.1, 0.15) is 5.75 Å². The highest BCUT2D eigenvalue weighted by molar-refractivity contribution is 7.10. The molecule has 1 aliphatic heterocycles. The summed E-state index contributed by atoms with van der Waals surface area (Å²) in [6, 6.07) is 8.82. The van der Waals surface area contributed by atoms with E-state index in [-0.39, 0.29) is 0 Å². The molecule has 1 aromatic carbocycles. The Kier molecular flexibility index (Phi) is 3.68. The van der Waals surface area contributed by atoms with Gasteiger partial charge in [0.2, 0.25) is 0 Å². The summed E-state index contributed by atoms with van der Waals surface area (Å²) in [5.41, 5.74) is 9.44. The van der Waals surface area contributed by atoms with Crippen molar-refractivity contribution >= 4 is 17.0 Å². The lowest BCUT2D eigenvalue weighted by atomic mass is 10.0. The number of rotatable bonds is 3. The number of hydrogen-bond donors (Lipinski definition) is 1. The largest absolute Gasteiger partial charge is 0.495 e. The fourth-order valence-electron chi connectivity index (χ4n) is 2.89. The normalized spacial score (nSPS) is 18.8. The van der Waals surface area contributed by atoms with Crippen LogP contribution in [0.15, 0.2) is 29.6 Å². The van der Waals surface area contributed by atoms with Gasteiger partial charge in [-0.25, -0.2) is 0 Å². The van der Waals surface area contributed by atoms with Crippen molar-refractivity contribution in [2.45, 2.75) is 25.9 Å². The average molecular weight is 288 g/mol. The second-order valence-electron chi connectivity index (χ2n) is 5.27. The number of nitrogens with two attached hydrogens (primary N) is 1. The fraction of sp³-hybridized carbons (Fsp3) is 0.375. The maximum atomic E-state index is 5.99. The summed E-state index contributed by atoms with van der Waals surface area (Å²) in [6.45, 7) is 4.34. The summed E-state index contributed by atoms with van der Waals surface area (Å²) < 4.78 is 5.21. The number of methoxy groups -OCH3 is 1. The van der Waals surface area contributed by atoms with Crippen molar-refractivity contribution in [2.75, 3.05) is 19.4 Å². The third-order valence-electron chi connectivity index (χ3n) is 4.08. The summed E-state index contributed by atoms with van der Waals surface area (Å²) >= 11 is 1.88. The van der Waals surface area contributed by atoms with Crippen LogP contribution < -0.4 is 10.5 Å². The van der Waals surface area contributed by atoms with Crippen LogP contribution in [0.2, 0.25) is 0 Å². The molecule has 106 valence electrons. The van der Waals surface area contributed by atoms with E-state index in [1.165, 1.54) is 11.1 Å². The van der Waals surface area contributed by atoms with E-state index < -0.39 is 0 Å². The molecule has 1 aliphatic rings. The Morgan fingerprint density at radius 1 is 1.40 bits per heavy atom. The molecule has 1 aromatic heterocycles. The maximum Gasteiger partial charge on any atom is 0.141 e. The minimum Gasteiger partial charge on any atom is -0.495 e. The molecule has 0 saturated heterocycles. The summed E-state index contributed by atoms with van der Waals surface area (Å²) in [7, 11) is 1.65. The van der Waals surface area contributed by atoms with E-state index in [1.54, 1.807) is 12.0 Å². The van der Waals surface area contributed by atoms with Crippen LogP contribution in [0.25, 0.3) is 0 Å². The minimum absolute atomic E-state index is 0.480. The molecule has 1 unspecified atom stereocenters. The van der Waals surface area contributed by atoms with Gasteiger partial charge in [0.05, 0.1) is 12.8 Å². The third-order valence-corrected chi connectivity index (χ3v) is 5.08. The quantitative estimate of drug-likeness (QED) is 0.879. The molecule has 3 rings (SSSR count). The van der Waals surface area contributed by atoms with E-state index >= 15 is 0 Å². The van der Waals surface area contributed by atoms with Gasteiger partial charge in [-0.1, -0.05) is 6.07 Å². The zero-order chi connectivity index (χ0) is 14.1. The van der Waals surface area contributed by atoms with Crippen LogP contribution in [0.3, 0.4) is 0 Å². The molecule has 0 radical (unpaired) electrons. The summed E-state index contributed by atoms with van der Waals surface area (Å²) in [5.74, 6) is 0.751. The minimum atomic E-state index is 0.480. The van der Waals surface area contributed by atoms with E-state index in [9.17, 15) is 0 Å². The zero-order valence-corrected chi connectivity index (χ0v) is 12.7. The predicted octanol–water partition coefficient (Wildman–Crippen LogP) is 3.46. The van der Waals surface area contributed by atoms with E-state index in [1.807, 2.05) is 23.5 Å². The Morgan fingerprint density at radius 3 is 3.00 bits per heavy atom. The van der Waals surface area contributed by atoms with Crippen molar-refractivity contribution in [3.63, 3.8) is 0 Å². The lowest BCUT2D eigenvalue weighted by Crippen LogP contribution is -2.32. The standard InChI is InChI=1S/C16H20N2OS/c1-11-13-6-8-20-16(13)5-7-18(11)10-12-3-4-15(19-2)14(17)9-12/h3-4,6,8-9,11H,5,7,10,17H2,1-2H3. The van der Waals surface area contributed by atoms with E-state index in [4.69, 9.17) is 10.5 Å². The fourth-order valence-corrected chi connectivity index (χ4v) is 3.86. The summed E-state index contributed by atoms with van der Waals surface area (Å²) in [4.78, 5) is 4.05. The summed E-state index contributed by atoms with van der Waals surface area (Å²) in [5, 5.41) is 2.20. The first kappa shape index (κ1) is 13.5. The number of anilines is 1. The Hall–Kier alpha value is -1.52. The van der Waals surface area contributed by atoms with Crippen LogP contribution in [-0.4, -0.2) is 18.6 Å². The number of thiophene rings is 1. The molecular weight excluding hydrogens is 268 g/mol. The number of ether oxygens (including phenoxy) is 1. The van der Waals surface area contributed by atoms with Crippen LogP contribution in [0.1, 0.15) is 29.0 Å². The van der Waals surface area contributed by atoms with Crippen LogP contribution in [0.4, 0.5) is 5.69 Å². The highest BCUT2D eigenvalue weighted by atomic mass is 32.1. The van der Waals surface area contributed by atoms with E-state index in [2.05, 4.69) is 29.3 Å². The third kappa shape index (κ3) is 2.41. The molecule has 20 heavy (non-hydrogen) atoms. The lowest BCUT2D eigenvalue weighted by molar-refractivity contribution is 0.191. The first-order chi connectivity index (χ1) is 9.69. The maximum absolute atomic E-state index is 5.99. The van der Waals surface area contributed by atoms with Crippen LogP contribution in [0.5, 0.6) is 5.75 Å². The number of fused-ring (bicyclic) bond motifs is 1. The van der Waals surface area contributed by atoms with Gasteiger partial charge in [-0.3, -0.25) is 4.90 Å². The van der Waals surface area contributed by atoms with Gasteiger partial charge < -0.3 is 10.5 Å². The molecule has 0 bridgehead atoms. The van der Waals surface area contributed by atoms with Gasteiger partial charge in [0.25, 0.3) is 0 Å². The van der Waals surface area contributed by atoms with Gasteiger partial charge >= 0.3 is 0 Å². The molecule has 1 atom stereocenters. The average Bonchev–Trinajstić information content (AvgIpc) is 2.91. The molecule has 0 fully saturated rings. The second kappa shape index (κ2) is 5.46. The molecule has 0 amide bonds. The van der Waals surface area contributed by atoms with Gasteiger partial charge in [0, 0.05) is 24.0 Å². The summed E-state index contributed by atoms with van der Waals surface area (Å²) in [6.07, 6.45) is 1.16. The smallest absolute Gasteiger partial charge is 0.141 e. The first-order valence-corrected chi connectivity index (χ1v) is 7.79. The van der Waals surface area contributed by atoms with Crippen LogP contribution in [-0.2, 0) is 13.0 Å². The van der Waals surface area contributed by atoms with Gasteiger partial charge in [-0.2, -0.15) is 0 Å². The van der Waals surface area contributed by atoms with Gasteiger partial charge in [0.15, 0.2) is 0 Å². The molecule has 3 nitrogen and oxygen atoms in total. The first-order valence-electron chi connectivity index (χ1n) is 6.91. The van der Waals surface area contributed by atoms with Crippen LogP contribution in [0, 0.1) is 0 Å². The Balaban J connectivity index is 1.77. The highest BCUT2D eigenvalue weighted by Crippen LogP contribution is 2.34. The van der Waals surface area contributed by atoms with Crippen molar-refractivity contribution in [1.29, 1.82) is 0 Å². The van der Waals surface area contributed by atoms with Gasteiger partial charge in [-0.15, -0.1) is 11.3 Å². The van der Waals surface area contributed by atoms with Gasteiger partial charge in [-0.05, 0) is 48.1 Å². The molecule has 0 saturated carbocycles. The Labute approximate surface area is 124 Å². The Bertz CT molecular complexity index is 608. The molecular formula is C16H20N2OS. The number of hydrogen-bond acceptors (Lipinski definition) is 4. The number of nitrogen functional groups attached to an aromatic ring is 1. The van der Waals surface area contributed by atoms with Crippen molar-refractivity contribution in [2.24, 2.45) is 0 Å². The number of nitrogens with zero attached hydrogens (tertiary/aromatic N) is 1. The Morgan fingerprint density at radius 2 is 2.25 bits per heavy atom. The zero-order valence-electron chi connectivity index (χ0n) is 11.9. The molecule has 4 heteroatoms. The molecule has 2 aromatic rings. The van der Waals surface area contributed by atoms with Crippen molar-refractivity contribution < 1.29 is 4.74 Å². The van der Waals surface area contributed by atoms with Crippen molar-refractivity contribution in [3.05, 3.63) is 45.6 Å². The SMILES string of the molecule is COc1ccc(CN2CCc3sccc3C2C)cc1N. The molecule has 2 heterocycles. The van der Waals surface area contributed by atoms with Crippen molar-refractivity contribution in [3.8, 4) is 5.75 Å². The van der Waals surface area contributed by atoms with E-state index in [0.29, 0.717) is 11.7 Å². The molecule has 0 aliphatic carbocycles. The number of benzene rings is 1. The topological polar surface area (TPSA) is 38.5 Å². The highest BCUT2D eigenvalue weighted by Gasteiger charge is 2.24. The predicted molar refractivity (Wildman–Crippen MR) is 84.3 cm³/mol. The molecule has 0 spiro atoms. The monoisotopic (exact) mass is 288 g/mol.